The van der Waals surface area contributed by atoms with Crippen molar-refractivity contribution in [2.75, 3.05) is 42.3 Å². The molecule has 1 saturated heterocycles. The Labute approximate surface area is 186 Å². The first-order valence-corrected chi connectivity index (χ1v) is 11.2. The number of amides is 1. The summed E-state index contributed by atoms with van der Waals surface area (Å²) in [6, 6.07) is 24.5. The number of morpholine rings is 1. The van der Waals surface area contributed by atoms with Crippen LogP contribution in [-0.4, -0.2) is 43.7 Å². The summed E-state index contributed by atoms with van der Waals surface area (Å²) in [6.45, 7) is 3.24. The average molecular weight is 433 g/mol. The van der Waals surface area contributed by atoms with Gasteiger partial charge >= 0.3 is 0 Å². The van der Waals surface area contributed by atoms with E-state index in [2.05, 4.69) is 10.2 Å². The molecule has 6 heteroatoms. The minimum absolute atomic E-state index is 0.0702. The van der Waals surface area contributed by atoms with Crippen molar-refractivity contribution in [2.45, 2.75) is 4.90 Å². The molecule has 31 heavy (non-hydrogen) atoms. The maximum atomic E-state index is 12.7. The van der Waals surface area contributed by atoms with E-state index in [0.717, 1.165) is 42.6 Å². The zero-order valence-corrected chi connectivity index (χ0v) is 17.9. The van der Waals surface area contributed by atoms with Crippen LogP contribution in [0.5, 0.6) is 0 Å². The Morgan fingerprint density at radius 2 is 1.58 bits per heavy atom. The highest BCUT2D eigenvalue weighted by Gasteiger charge is 2.12. The minimum atomic E-state index is -0.170. The van der Waals surface area contributed by atoms with Crippen molar-refractivity contribution in [3.05, 3.63) is 90.0 Å². The van der Waals surface area contributed by atoms with Crippen LogP contribution in [0.4, 0.5) is 11.4 Å². The molecular formula is C25H24N2O3S. The van der Waals surface area contributed by atoms with E-state index in [1.165, 1.54) is 11.8 Å². The van der Waals surface area contributed by atoms with Crippen LogP contribution in [0.2, 0.25) is 0 Å². The number of carbonyl (C=O) groups excluding carboxylic acids is 2. The molecule has 3 aromatic rings. The number of nitrogens with one attached hydrogen (secondary N) is 1. The smallest absolute Gasteiger partial charge is 0.255 e. The number of rotatable bonds is 7. The van der Waals surface area contributed by atoms with E-state index in [9.17, 15) is 9.59 Å². The van der Waals surface area contributed by atoms with Gasteiger partial charge < -0.3 is 15.0 Å². The van der Waals surface area contributed by atoms with Crippen LogP contribution in [0.25, 0.3) is 0 Å². The Bertz CT molecular complexity index is 1030. The number of carbonyl (C=O) groups is 2. The zero-order chi connectivity index (χ0) is 21.5. The molecular weight excluding hydrogens is 408 g/mol. The lowest BCUT2D eigenvalue weighted by atomic mass is 10.2. The number of thioether (sulfide) groups is 1. The number of ether oxygens (including phenoxy) is 1. The number of hydrogen-bond acceptors (Lipinski definition) is 5. The van der Waals surface area contributed by atoms with Crippen molar-refractivity contribution in [1.29, 1.82) is 0 Å². The van der Waals surface area contributed by atoms with Gasteiger partial charge in [-0.3, -0.25) is 9.59 Å². The first-order valence-electron chi connectivity index (χ1n) is 10.2. The molecule has 1 aliphatic heterocycles. The number of Topliss-reactive ketones (excluding diaryl/α,β-unsaturated/α-hetero) is 1. The molecule has 1 amide bonds. The molecule has 0 atom stereocenters. The van der Waals surface area contributed by atoms with Gasteiger partial charge in [0.15, 0.2) is 5.78 Å². The van der Waals surface area contributed by atoms with Crippen LogP contribution in [0.1, 0.15) is 20.7 Å². The van der Waals surface area contributed by atoms with E-state index in [1.54, 1.807) is 6.07 Å². The highest BCUT2D eigenvalue weighted by Crippen LogP contribution is 2.22. The topological polar surface area (TPSA) is 58.6 Å². The second-order valence-electron chi connectivity index (χ2n) is 7.21. The van der Waals surface area contributed by atoms with E-state index in [1.807, 2.05) is 72.8 Å². The molecule has 0 unspecified atom stereocenters. The predicted molar refractivity (Wildman–Crippen MR) is 125 cm³/mol. The third-order valence-corrected chi connectivity index (χ3v) is 6.06. The van der Waals surface area contributed by atoms with Crippen molar-refractivity contribution >= 4 is 34.8 Å². The summed E-state index contributed by atoms with van der Waals surface area (Å²) >= 11 is 1.43. The lowest BCUT2D eigenvalue weighted by Crippen LogP contribution is -2.36. The minimum Gasteiger partial charge on any atom is -0.378 e. The number of hydrogen-bond donors (Lipinski definition) is 1. The molecule has 1 N–H and O–H groups in total. The monoisotopic (exact) mass is 432 g/mol. The first-order chi connectivity index (χ1) is 15.2. The van der Waals surface area contributed by atoms with Gasteiger partial charge in [-0.25, -0.2) is 0 Å². The fourth-order valence-corrected chi connectivity index (χ4v) is 4.21. The summed E-state index contributed by atoms with van der Waals surface area (Å²) in [4.78, 5) is 28.2. The summed E-state index contributed by atoms with van der Waals surface area (Å²) in [5, 5.41) is 2.95. The second-order valence-corrected chi connectivity index (χ2v) is 8.25. The normalized spacial score (nSPS) is 13.6. The molecule has 1 aliphatic rings. The molecule has 4 rings (SSSR count). The van der Waals surface area contributed by atoms with Crippen LogP contribution in [0.15, 0.2) is 83.8 Å². The fraction of sp³-hybridized carbons (Fsp3) is 0.200. The Hall–Kier alpha value is -3.09. The van der Waals surface area contributed by atoms with Crippen molar-refractivity contribution in [1.82, 2.24) is 0 Å². The molecule has 0 aromatic heterocycles. The Kier molecular flexibility index (Phi) is 7.02. The van der Waals surface area contributed by atoms with Gasteiger partial charge in [0.2, 0.25) is 0 Å². The van der Waals surface area contributed by atoms with Crippen molar-refractivity contribution in [2.24, 2.45) is 0 Å². The van der Waals surface area contributed by atoms with E-state index < -0.39 is 0 Å². The summed E-state index contributed by atoms with van der Waals surface area (Å²) in [5.41, 5.74) is 3.14. The lowest BCUT2D eigenvalue weighted by molar-refractivity contribution is 0.101. The number of benzene rings is 3. The van der Waals surface area contributed by atoms with E-state index >= 15 is 0 Å². The molecule has 158 valence electrons. The second kappa shape index (κ2) is 10.3. The average Bonchev–Trinajstić information content (AvgIpc) is 2.84. The number of nitrogens with zero attached hydrogens (tertiary/aromatic N) is 1. The van der Waals surface area contributed by atoms with Gasteiger partial charge in [0.05, 0.1) is 19.0 Å². The molecule has 0 saturated carbocycles. The molecule has 5 nitrogen and oxygen atoms in total. The molecule has 0 bridgehead atoms. The number of anilines is 2. The summed E-state index contributed by atoms with van der Waals surface area (Å²) in [6.07, 6.45) is 0. The molecule has 0 aliphatic carbocycles. The first kappa shape index (κ1) is 21.2. The van der Waals surface area contributed by atoms with Crippen LogP contribution in [0.3, 0.4) is 0 Å². The van der Waals surface area contributed by atoms with Gasteiger partial charge in [-0.1, -0.05) is 36.4 Å². The van der Waals surface area contributed by atoms with E-state index in [4.69, 9.17) is 4.74 Å². The van der Waals surface area contributed by atoms with Crippen molar-refractivity contribution < 1.29 is 14.3 Å². The van der Waals surface area contributed by atoms with Crippen LogP contribution >= 0.6 is 11.8 Å². The van der Waals surface area contributed by atoms with Crippen LogP contribution in [0, 0.1) is 0 Å². The van der Waals surface area contributed by atoms with Crippen molar-refractivity contribution in [3.63, 3.8) is 0 Å². The molecule has 0 spiro atoms. The number of ketones is 1. The third-order valence-electron chi connectivity index (χ3n) is 5.06. The Morgan fingerprint density at radius 3 is 2.32 bits per heavy atom. The maximum Gasteiger partial charge on any atom is 0.255 e. The Morgan fingerprint density at radius 1 is 0.871 bits per heavy atom. The molecule has 1 heterocycles. The summed E-state index contributed by atoms with van der Waals surface area (Å²) in [5.74, 6) is 0.231. The predicted octanol–water partition coefficient (Wildman–Crippen LogP) is 4.75. The quantitative estimate of drug-likeness (QED) is 0.431. The molecule has 3 aromatic carbocycles. The zero-order valence-electron chi connectivity index (χ0n) is 17.1. The highest BCUT2D eigenvalue weighted by molar-refractivity contribution is 8.00. The standard InChI is InChI=1S/C25H24N2O3S/c28-24(19-5-2-1-3-6-19)18-31-23-8-4-7-20(17-23)25(29)26-21-9-11-22(12-10-21)27-13-15-30-16-14-27/h1-12,17H,13-16,18H2,(H,26,29). The summed E-state index contributed by atoms with van der Waals surface area (Å²) < 4.78 is 5.39. The SMILES string of the molecule is O=C(CSc1cccc(C(=O)Nc2ccc(N3CCOCC3)cc2)c1)c1ccccc1. The van der Waals surface area contributed by atoms with Gasteiger partial charge in [-0.05, 0) is 42.5 Å². The molecule has 0 radical (unpaired) electrons. The van der Waals surface area contributed by atoms with Crippen LogP contribution in [-0.2, 0) is 4.74 Å². The lowest BCUT2D eigenvalue weighted by Gasteiger charge is -2.28. The van der Waals surface area contributed by atoms with Crippen molar-refractivity contribution in [3.8, 4) is 0 Å². The van der Waals surface area contributed by atoms with Gasteiger partial charge in [0.25, 0.3) is 5.91 Å². The molecule has 1 fully saturated rings. The largest absolute Gasteiger partial charge is 0.378 e. The maximum absolute atomic E-state index is 12.7. The highest BCUT2D eigenvalue weighted by atomic mass is 32.2. The van der Waals surface area contributed by atoms with Gasteiger partial charge in [0, 0.05) is 40.5 Å². The van der Waals surface area contributed by atoms with Gasteiger partial charge in [-0.2, -0.15) is 0 Å². The van der Waals surface area contributed by atoms with Gasteiger partial charge in [-0.15, -0.1) is 11.8 Å². The summed E-state index contributed by atoms with van der Waals surface area (Å²) in [7, 11) is 0. The van der Waals surface area contributed by atoms with E-state index in [0.29, 0.717) is 16.9 Å². The van der Waals surface area contributed by atoms with Crippen LogP contribution < -0.4 is 10.2 Å². The Balaban J connectivity index is 1.35. The fourth-order valence-electron chi connectivity index (χ4n) is 3.36. The van der Waals surface area contributed by atoms with Gasteiger partial charge in [0.1, 0.15) is 0 Å². The van der Waals surface area contributed by atoms with E-state index in [-0.39, 0.29) is 11.7 Å². The third kappa shape index (κ3) is 5.75.